The van der Waals surface area contributed by atoms with Gasteiger partial charge >= 0.3 is 0 Å². The lowest BCUT2D eigenvalue weighted by Gasteiger charge is -2.22. The fraction of sp³-hybridized carbons (Fsp3) is 0.583. The minimum absolute atomic E-state index is 0.0627. The molecule has 2 aliphatic rings. The van der Waals surface area contributed by atoms with Crippen LogP contribution in [0.5, 0.6) is 0 Å². The summed E-state index contributed by atoms with van der Waals surface area (Å²) in [5, 5.41) is 0.273. The molecule has 2 aromatic heterocycles. The Morgan fingerprint density at radius 1 is 1.29 bits per heavy atom. The molecule has 9 heteroatoms. The lowest BCUT2D eigenvalue weighted by atomic mass is 10.2. The van der Waals surface area contributed by atoms with Crippen molar-refractivity contribution in [3.63, 3.8) is 0 Å². The predicted molar refractivity (Wildman–Crippen MR) is 74.2 cm³/mol. The number of imidazole rings is 1. The fourth-order valence-electron chi connectivity index (χ4n) is 2.80. The lowest BCUT2D eigenvalue weighted by Crippen LogP contribution is -2.27. The molecule has 2 fully saturated rings. The standard InChI is InChI=1S/C12H12Cl2N4O3/c1-12(2)20-5-3-19-10(7(5)21-12)18-4-15-6-8(13)16-11(14)17-9(6)18/h4-5,7,10H,3H2,1-2H3/t5-,7-,10-/m1/s1. The average molecular weight is 331 g/mol. The van der Waals surface area contributed by atoms with Gasteiger partial charge in [-0.2, -0.15) is 4.98 Å². The van der Waals surface area contributed by atoms with E-state index in [1.54, 1.807) is 10.9 Å². The number of hydrogen-bond acceptors (Lipinski definition) is 6. The van der Waals surface area contributed by atoms with Crippen LogP contribution >= 0.6 is 23.2 Å². The van der Waals surface area contributed by atoms with Gasteiger partial charge < -0.3 is 14.2 Å². The van der Waals surface area contributed by atoms with Gasteiger partial charge in [-0.25, -0.2) is 9.97 Å². The van der Waals surface area contributed by atoms with Crippen LogP contribution in [0.1, 0.15) is 20.1 Å². The van der Waals surface area contributed by atoms with Crippen LogP contribution in [-0.2, 0) is 14.2 Å². The zero-order valence-corrected chi connectivity index (χ0v) is 12.8. The molecular formula is C12H12Cl2N4O3. The highest BCUT2D eigenvalue weighted by Gasteiger charge is 2.51. The molecule has 2 aliphatic heterocycles. The van der Waals surface area contributed by atoms with Gasteiger partial charge in [0.15, 0.2) is 22.8 Å². The molecule has 0 N–H and O–H groups in total. The Morgan fingerprint density at radius 2 is 2.10 bits per heavy atom. The fourth-order valence-corrected chi connectivity index (χ4v) is 3.23. The number of aromatic nitrogens is 4. The summed E-state index contributed by atoms with van der Waals surface area (Å²) in [4.78, 5) is 12.3. The van der Waals surface area contributed by atoms with E-state index in [2.05, 4.69) is 15.0 Å². The number of hydrogen-bond donors (Lipinski definition) is 0. The van der Waals surface area contributed by atoms with E-state index in [4.69, 9.17) is 37.4 Å². The minimum Gasteiger partial charge on any atom is -0.352 e. The highest BCUT2D eigenvalue weighted by molar-refractivity contribution is 6.35. The van der Waals surface area contributed by atoms with Crippen LogP contribution in [0.15, 0.2) is 6.33 Å². The van der Waals surface area contributed by atoms with Crippen LogP contribution in [0.4, 0.5) is 0 Å². The third-order valence-corrected chi connectivity index (χ3v) is 3.99. The van der Waals surface area contributed by atoms with Gasteiger partial charge in [0.1, 0.15) is 17.7 Å². The number of nitrogens with zero attached hydrogens (tertiary/aromatic N) is 4. The Morgan fingerprint density at radius 3 is 2.90 bits per heavy atom. The van der Waals surface area contributed by atoms with E-state index in [0.29, 0.717) is 17.8 Å². The summed E-state index contributed by atoms with van der Waals surface area (Å²) in [6, 6.07) is 0. The van der Waals surface area contributed by atoms with Gasteiger partial charge in [-0.05, 0) is 25.4 Å². The number of ether oxygens (including phenoxy) is 3. The summed E-state index contributed by atoms with van der Waals surface area (Å²) >= 11 is 11.9. The molecule has 112 valence electrons. The lowest BCUT2D eigenvalue weighted by molar-refractivity contribution is -0.183. The second-order valence-corrected chi connectivity index (χ2v) is 6.17. The summed E-state index contributed by atoms with van der Waals surface area (Å²) in [5.41, 5.74) is 0.991. The third-order valence-electron chi connectivity index (χ3n) is 3.56. The van der Waals surface area contributed by atoms with E-state index in [1.165, 1.54) is 0 Å². The highest BCUT2D eigenvalue weighted by Crippen LogP contribution is 2.40. The topological polar surface area (TPSA) is 71.3 Å². The Hall–Kier alpha value is -0.990. The van der Waals surface area contributed by atoms with Gasteiger partial charge in [-0.15, -0.1) is 0 Å². The molecule has 0 unspecified atom stereocenters. The maximum atomic E-state index is 6.03. The molecule has 2 saturated heterocycles. The first-order chi connectivity index (χ1) is 9.94. The number of halogens is 2. The second kappa shape index (κ2) is 4.50. The third kappa shape index (κ3) is 2.11. The first-order valence-electron chi connectivity index (χ1n) is 6.47. The molecule has 2 aromatic rings. The molecule has 0 bridgehead atoms. The van der Waals surface area contributed by atoms with Crippen molar-refractivity contribution in [3.8, 4) is 0 Å². The average Bonchev–Trinajstić information content (AvgIpc) is 3.00. The summed E-state index contributed by atoms with van der Waals surface area (Å²) in [6.07, 6.45) is 0.868. The zero-order chi connectivity index (χ0) is 14.8. The minimum atomic E-state index is -0.627. The van der Waals surface area contributed by atoms with Crippen molar-refractivity contribution < 1.29 is 14.2 Å². The normalized spacial score (nSPS) is 31.0. The quantitative estimate of drug-likeness (QED) is 0.589. The van der Waals surface area contributed by atoms with Crippen LogP contribution in [0.2, 0.25) is 10.4 Å². The van der Waals surface area contributed by atoms with Crippen molar-refractivity contribution in [2.75, 3.05) is 6.61 Å². The van der Waals surface area contributed by atoms with Gasteiger partial charge in [0.25, 0.3) is 0 Å². The highest BCUT2D eigenvalue weighted by atomic mass is 35.5. The second-order valence-electron chi connectivity index (χ2n) is 5.47. The molecule has 0 aliphatic carbocycles. The van der Waals surface area contributed by atoms with Crippen LogP contribution in [-0.4, -0.2) is 44.1 Å². The summed E-state index contributed by atoms with van der Waals surface area (Å²) in [5.74, 6) is -0.627. The largest absolute Gasteiger partial charge is 0.352 e. The van der Waals surface area contributed by atoms with Gasteiger partial charge in [0, 0.05) is 0 Å². The number of rotatable bonds is 1. The predicted octanol–water partition coefficient (Wildman–Crippen LogP) is 2.18. The Bertz CT molecular complexity index is 720. The maximum Gasteiger partial charge on any atom is 0.225 e. The molecule has 0 amide bonds. The first kappa shape index (κ1) is 13.7. The molecule has 7 nitrogen and oxygen atoms in total. The molecule has 21 heavy (non-hydrogen) atoms. The molecule has 0 aromatic carbocycles. The summed E-state index contributed by atoms with van der Waals surface area (Å²) in [6.45, 7) is 4.21. The van der Waals surface area contributed by atoms with E-state index < -0.39 is 5.79 Å². The SMILES string of the molecule is CC1(C)O[C@H]2[C@H](n3cnc4c(Cl)nc(Cl)nc43)OC[C@H]2O1. The van der Waals surface area contributed by atoms with Crippen molar-refractivity contribution in [1.82, 2.24) is 19.5 Å². The van der Waals surface area contributed by atoms with Gasteiger partial charge in [0.05, 0.1) is 12.9 Å². The molecule has 3 atom stereocenters. The van der Waals surface area contributed by atoms with Crippen molar-refractivity contribution >= 4 is 34.4 Å². The van der Waals surface area contributed by atoms with E-state index in [9.17, 15) is 0 Å². The van der Waals surface area contributed by atoms with E-state index in [1.807, 2.05) is 13.8 Å². The van der Waals surface area contributed by atoms with Crippen molar-refractivity contribution in [2.24, 2.45) is 0 Å². The van der Waals surface area contributed by atoms with Gasteiger partial charge in [0.2, 0.25) is 5.28 Å². The Labute approximate surface area is 130 Å². The van der Waals surface area contributed by atoms with E-state index in [0.717, 1.165) is 0 Å². The smallest absolute Gasteiger partial charge is 0.225 e. The molecule has 0 saturated carbocycles. The Kier molecular flexibility index (Phi) is 2.93. The van der Waals surface area contributed by atoms with Crippen LogP contribution in [0.25, 0.3) is 11.2 Å². The van der Waals surface area contributed by atoms with Crippen molar-refractivity contribution in [1.29, 1.82) is 0 Å². The maximum absolute atomic E-state index is 6.03. The zero-order valence-electron chi connectivity index (χ0n) is 11.3. The number of fused-ring (bicyclic) bond motifs is 2. The summed E-state index contributed by atoms with van der Waals surface area (Å²) < 4.78 is 19.2. The molecular weight excluding hydrogens is 319 g/mol. The van der Waals surface area contributed by atoms with Crippen molar-refractivity contribution in [2.45, 2.75) is 38.1 Å². The van der Waals surface area contributed by atoms with Gasteiger partial charge in [-0.3, -0.25) is 4.57 Å². The van der Waals surface area contributed by atoms with Crippen LogP contribution in [0.3, 0.4) is 0 Å². The summed E-state index contributed by atoms with van der Waals surface area (Å²) in [7, 11) is 0. The monoisotopic (exact) mass is 330 g/mol. The van der Waals surface area contributed by atoms with Crippen molar-refractivity contribution in [3.05, 3.63) is 16.8 Å². The molecule has 0 radical (unpaired) electrons. The van der Waals surface area contributed by atoms with Crippen LogP contribution < -0.4 is 0 Å². The molecule has 4 heterocycles. The Balaban J connectivity index is 1.77. The van der Waals surface area contributed by atoms with Gasteiger partial charge in [-0.1, -0.05) is 11.6 Å². The molecule has 0 spiro atoms. The van der Waals surface area contributed by atoms with E-state index in [-0.39, 0.29) is 28.9 Å². The first-order valence-corrected chi connectivity index (χ1v) is 7.23. The molecule has 4 rings (SSSR count). The van der Waals surface area contributed by atoms with Crippen LogP contribution in [0, 0.1) is 0 Å². The van der Waals surface area contributed by atoms with E-state index >= 15 is 0 Å².